The summed E-state index contributed by atoms with van der Waals surface area (Å²) in [4.78, 5) is 11.1. The van der Waals surface area contributed by atoms with E-state index < -0.39 is 5.97 Å². The van der Waals surface area contributed by atoms with E-state index in [0.29, 0.717) is 17.1 Å². The van der Waals surface area contributed by atoms with E-state index in [9.17, 15) is 4.79 Å². The summed E-state index contributed by atoms with van der Waals surface area (Å²) in [5, 5.41) is 14.0. The summed E-state index contributed by atoms with van der Waals surface area (Å²) < 4.78 is 1.57. The first kappa shape index (κ1) is 12.6. The molecule has 0 fully saturated rings. The molecule has 5 heteroatoms. The fraction of sp³-hybridized carbons (Fsp3) is 0.231. The van der Waals surface area contributed by atoms with Gasteiger partial charge in [0.2, 0.25) is 0 Å². The monoisotopic (exact) mass is 264 g/mol. The topological polar surface area (TPSA) is 55.1 Å². The predicted molar refractivity (Wildman–Crippen MR) is 69.6 cm³/mol. The van der Waals surface area contributed by atoms with Gasteiger partial charge in [0.1, 0.15) is 5.56 Å². The number of benzene rings is 1. The predicted octanol–water partition coefficient (Wildman–Crippen LogP) is 3.09. The van der Waals surface area contributed by atoms with Crippen LogP contribution in [0, 0.1) is 6.92 Å². The van der Waals surface area contributed by atoms with Gasteiger partial charge in [-0.3, -0.25) is 0 Å². The van der Waals surface area contributed by atoms with Crippen LogP contribution >= 0.6 is 11.6 Å². The molecule has 0 aliphatic rings. The number of carbonyl (C=O) groups is 1. The highest BCUT2D eigenvalue weighted by Gasteiger charge is 2.15. The Morgan fingerprint density at radius 2 is 2.22 bits per heavy atom. The summed E-state index contributed by atoms with van der Waals surface area (Å²) in [5.74, 6) is -0.960. The van der Waals surface area contributed by atoms with Crippen LogP contribution in [0.3, 0.4) is 0 Å². The van der Waals surface area contributed by atoms with E-state index in [4.69, 9.17) is 16.7 Å². The Balaban J connectivity index is 2.57. The van der Waals surface area contributed by atoms with Crippen LogP contribution < -0.4 is 0 Å². The second-order valence-corrected chi connectivity index (χ2v) is 4.46. The van der Waals surface area contributed by atoms with E-state index >= 15 is 0 Å². The van der Waals surface area contributed by atoms with Crippen LogP contribution in [0.25, 0.3) is 5.69 Å². The van der Waals surface area contributed by atoms with Crippen molar-refractivity contribution in [2.45, 2.75) is 20.3 Å². The van der Waals surface area contributed by atoms with Crippen molar-refractivity contribution in [2.75, 3.05) is 0 Å². The minimum absolute atomic E-state index is 0.233. The summed E-state index contributed by atoms with van der Waals surface area (Å²) >= 11 is 5.95. The first-order valence-corrected chi connectivity index (χ1v) is 5.99. The van der Waals surface area contributed by atoms with Crippen molar-refractivity contribution in [1.82, 2.24) is 9.78 Å². The molecule has 0 saturated carbocycles. The standard InChI is InChI=1S/C13H13ClN2O2/c1-3-11-10(13(17)18)7-16(15-11)12-6-9(14)5-4-8(12)2/h4-7H,3H2,1-2H3,(H,17,18). The third-order valence-corrected chi connectivity index (χ3v) is 3.01. The lowest BCUT2D eigenvalue weighted by molar-refractivity contribution is 0.0695. The van der Waals surface area contributed by atoms with Gasteiger partial charge in [0.05, 0.1) is 11.4 Å². The average molecular weight is 265 g/mol. The molecule has 0 bridgehead atoms. The first-order valence-electron chi connectivity index (χ1n) is 5.61. The molecular weight excluding hydrogens is 252 g/mol. The van der Waals surface area contributed by atoms with Gasteiger partial charge in [-0.15, -0.1) is 0 Å². The van der Waals surface area contributed by atoms with Crippen molar-refractivity contribution in [3.8, 4) is 5.69 Å². The molecule has 1 heterocycles. The molecule has 2 rings (SSSR count). The highest BCUT2D eigenvalue weighted by Crippen LogP contribution is 2.20. The van der Waals surface area contributed by atoms with E-state index in [2.05, 4.69) is 5.10 Å². The molecular formula is C13H13ClN2O2. The molecule has 0 spiro atoms. The molecule has 0 aliphatic heterocycles. The Morgan fingerprint density at radius 3 is 2.78 bits per heavy atom. The summed E-state index contributed by atoms with van der Waals surface area (Å²) in [5.41, 5.74) is 2.59. The van der Waals surface area contributed by atoms with E-state index in [1.807, 2.05) is 19.9 Å². The fourth-order valence-corrected chi connectivity index (χ4v) is 1.97. The van der Waals surface area contributed by atoms with E-state index in [-0.39, 0.29) is 5.56 Å². The van der Waals surface area contributed by atoms with E-state index in [1.165, 1.54) is 6.20 Å². The normalized spacial score (nSPS) is 10.6. The first-order chi connectivity index (χ1) is 8.52. The summed E-state index contributed by atoms with van der Waals surface area (Å²) in [6.45, 7) is 3.81. The molecule has 0 aliphatic carbocycles. The number of halogens is 1. The lowest BCUT2D eigenvalue weighted by Crippen LogP contribution is -1.98. The number of carboxylic acids is 1. The molecule has 0 saturated heterocycles. The van der Waals surface area contributed by atoms with Crippen LogP contribution in [0.5, 0.6) is 0 Å². The van der Waals surface area contributed by atoms with Crippen molar-refractivity contribution in [1.29, 1.82) is 0 Å². The molecule has 94 valence electrons. The van der Waals surface area contributed by atoms with Crippen LogP contribution in [0.4, 0.5) is 0 Å². The minimum Gasteiger partial charge on any atom is -0.478 e. The van der Waals surface area contributed by atoms with Crippen molar-refractivity contribution in [3.05, 3.63) is 46.2 Å². The van der Waals surface area contributed by atoms with Gasteiger partial charge in [-0.1, -0.05) is 24.6 Å². The number of hydrogen-bond donors (Lipinski definition) is 1. The molecule has 1 aromatic heterocycles. The van der Waals surface area contributed by atoms with Gasteiger partial charge in [-0.05, 0) is 31.0 Å². The number of aryl methyl sites for hydroxylation is 2. The van der Waals surface area contributed by atoms with Gasteiger partial charge in [0.25, 0.3) is 0 Å². The zero-order chi connectivity index (χ0) is 13.3. The number of aromatic carboxylic acids is 1. The molecule has 2 aromatic rings. The Hall–Kier alpha value is -1.81. The summed E-state index contributed by atoms with van der Waals surface area (Å²) in [7, 11) is 0. The third-order valence-electron chi connectivity index (χ3n) is 2.77. The largest absolute Gasteiger partial charge is 0.478 e. The number of hydrogen-bond acceptors (Lipinski definition) is 2. The quantitative estimate of drug-likeness (QED) is 0.927. The Bertz CT molecular complexity index is 605. The number of carboxylic acid groups (broad SMARTS) is 1. The van der Waals surface area contributed by atoms with E-state index in [0.717, 1.165) is 11.3 Å². The molecule has 18 heavy (non-hydrogen) atoms. The third kappa shape index (κ3) is 2.24. The lowest BCUT2D eigenvalue weighted by Gasteiger charge is -2.05. The van der Waals surface area contributed by atoms with Gasteiger partial charge in [0, 0.05) is 11.2 Å². The van der Waals surface area contributed by atoms with Gasteiger partial charge in [-0.2, -0.15) is 5.10 Å². The number of aromatic nitrogens is 2. The Morgan fingerprint density at radius 1 is 1.50 bits per heavy atom. The van der Waals surface area contributed by atoms with Gasteiger partial charge < -0.3 is 5.11 Å². The number of rotatable bonds is 3. The molecule has 0 atom stereocenters. The fourth-order valence-electron chi connectivity index (χ4n) is 1.80. The van der Waals surface area contributed by atoms with Crippen LogP contribution in [0.2, 0.25) is 5.02 Å². The van der Waals surface area contributed by atoms with Crippen LogP contribution in [0.15, 0.2) is 24.4 Å². The highest BCUT2D eigenvalue weighted by molar-refractivity contribution is 6.30. The smallest absolute Gasteiger partial charge is 0.339 e. The van der Waals surface area contributed by atoms with Gasteiger partial charge in [0.15, 0.2) is 0 Å². The summed E-state index contributed by atoms with van der Waals surface area (Å²) in [6.07, 6.45) is 2.11. The Labute approximate surface area is 110 Å². The average Bonchev–Trinajstić information content (AvgIpc) is 2.76. The van der Waals surface area contributed by atoms with Crippen LogP contribution in [-0.2, 0) is 6.42 Å². The zero-order valence-electron chi connectivity index (χ0n) is 10.1. The van der Waals surface area contributed by atoms with Crippen LogP contribution in [-0.4, -0.2) is 20.9 Å². The van der Waals surface area contributed by atoms with Crippen LogP contribution in [0.1, 0.15) is 28.5 Å². The van der Waals surface area contributed by atoms with Crippen molar-refractivity contribution in [2.24, 2.45) is 0 Å². The maximum atomic E-state index is 11.1. The van der Waals surface area contributed by atoms with Gasteiger partial charge in [-0.25, -0.2) is 9.48 Å². The molecule has 4 nitrogen and oxygen atoms in total. The summed E-state index contributed by atoms with van der Waals surface area (Å²) in [6, 6.07) is 5.45. The maximum absolute atomic E-state index is 11.1. The zero-order valence-corrected chi connectivity index (χ0v) is 10.9. The second-order valence-electron chi connectivity index (χ2n) is 4.02. The second kappa shape index (κ2) is 4.82. The molecule has 1 aromatic carbocycles. The molecule has 0 radical (unpaired) electrons. The molecule has 0 amide bonds. The number of nitrogens with zero attached hydrogens (tertiary/aromatic N) is 2. The van der Waals surface area contributed by atoms with E-state index in [1.54, 1.807) is 16.8 Å². The Kier molecular flexibility index (Phi) is 3.39. The SMILES string of the molecule is CCc1nn(-c2cc(Cl)ccc2C)cc1C(=O)O. The molecule has 0 unspecified atom stereocenters. The maximum Gasteiger partial charge on any atom is 0.339 e. The lowest BCUT2D eigenvalue weighted by atomic mass is 10.2. The van der Waals surface area contributed by atoms with Crippen molar-refractivity contribution in [3.63, 3.8) is 0 Å². The van der Waals surface area contributed by atoms with Crippen molar-refractivity contribution >= 4 is 17.6 Å². The van der Waals surface area contributed by atoms with Crippen molar-refractivity contribution < 1.29 is 9.90 Å². The minimum atomic E-state index is -0.960. The molecule has 1 N–H and O–H groups in total. The highest BCUT2D eigenvalue weighted by atomic mass is 35.5. The van der Waals surface area contributed by atoms with Gasteiger partial charge >= 0.3 is 5.97 Å².